The molecule has 2 unspecified atom stereocenters. The minimum absolute atomic E-state index is 0.231. The van der Waals surface area contributed by atoms with Gasteiger partial charge in [0, 0.05) is 0 Å². The standard InChI is InChI=1S/C11H18O4/c1-6-8-11(5,15-14-8)9(12)13-10(3,4)7-2/h7-8H,2,6H2,1,3-5H3. The Kier molecular flexibility index (Phi) is 3.21. The molecule has 0 aromatic heterocycles. The Morgan fingerprint density at radius 3 is 2.60 bits per heavy atom. The molecule has 0 aliphatic carbocycles. The average molecular weight is 214 g/mol. The van der Waals surface area contributed by atoms with E-state index in [-0.39, 0.29) is 6.10 Å². The van der Waals surface area contributed by atoms with Crippen molar-refractivity contribution in [3.05, 3.63) is 12.7 Å². The molecule has 0 bridgehead atoms. The van der Waals surface area contributed by atoms with Crippen LogP contribution in [0.25, 0.3) is 0 Å². The minimum atomic E-state index is -0.977. The lowest BCUT2D eigenvalue weighted by Gasteiger charge is -2.42. The predicted octanol–water partition coefficient (Wildman–Crippen LogP) is 1.99. The number of hydrogen-bond acceptors (Lipinski definition) is 4. The van der Waals surface area contributed by atoms with Gasteiger partial charge in [-0.25, -0.2) is 14.6 Å². The molecule has 0 saturated carbocycles. The third-order valence-electron chi connectivity index (χ3n) is 2.58. The lowest BCUT2D eigenvalue weighted by atomic mass is 9.95. The molecule has 1 heterocycles. The summed E-state index contributed by atoms with van der Waals surface area (Å²) in [7, 11) is 0. The van der Waals surface area contributed by atoms with E-state index in [1.807, 2.05) is 6.92 Å². The molecule has 1 saturated heterocycles. The van der Waals surface area contributed by atoms with Gasteiger partial charge in [-0.3, -0.25) is 0 Å². The summed E-state index contributed by atoms with van der Waals surface area (Å²) in [5.74, 6) is -0.412. The summed E-state index contributed by atoms with van der Waals surface area (Å²) in [5, 5.41) is 0. The molecule has 1 aliphatic heterocycles. The van der Waals surface area contributed by atoms with E-state index in [9.17, 15) is 4.79 Å². The topological polar surface area (TPSA) is 44.8 Å². The second-order valence-corrected chi connectivity index (χ2v) is 4.38. The van der Waals surface area contributed by atoms with E-state index in [2.05, 4.69) is 6.58 Å². The molecule has 4 nitrogen and oxygen atoms in total. The molecule has 0 aromatic carbocycles. The molecular weight excluding hydrogens is 196 g/mol. The summed E-state index contributed by atoms with van der Waals surface area (Å²) in [6.45, 7) is 10.7. The Labute approximate surface area is 90.1 Å². The highest BCUT2D eigenvalue weighted by atomic mass is 17.3. The van der Waals surface area contributed by atoms with E-state index in [1.54, 1.807) is 26.8 Å². The summed E-state index contributed by atoms with van der Waals surface area (Å²) in [5.41, 5.74) is -1.66. The summed E-state index contributed by atoms with van der Waals surface area (Å²) in [4.78, 5) is 21.5. The summed E-state index contributed by atoms with van der Waals surface area (Å²) >= 11 is 0. The average Bonchev–Trinajstić information content (AvgIpc) is 2.15. The molecule has 0 radical (unpaired) electrons. The molecule has 1 aliphatic rings. The van der Waals surface area contributed by atoms with Crippen LogP contribution in [0.2, 0.25) is 0 Å². The van der Waals surface area contributed by atoms with E-state index < -0.39 is 17.2 Å². The zero-order chi connectivity index (χ0) is 11.7. The van der Waals surface area contributed by atoms with E-state index in [0.717, 1.165) is 0 Å². The molecule has 15 heavy (non-hydrogen) atoms. The van der Waals surface area contributed by atoms with Crippen LogP contribution in [0.4, 0.5) is 0 Å². The Morgan fingerprint density at radius 1 is 1.67 bits per heavy atom. The van der Waals surface area contributed by atoms with Crippen molar-refractivity contribution in [2.75, 3.05) is 0 Å². The monoisotopic (exact) mass is 214 g/mol. The fourth-order valence-electron chi connectivity index (χ4n) is 1.27. The Bertz CT molecular complexity index is 270. The largest absolute Gasteiger partial charge is 0.453 e. The van der Waals surface area contributed by atoms with Gasteiger partial charge in [-0.2, -0.15) is 0 Å². The van der Waals surface area contributed by atoms with Crippen molar-refractivity contribution in [3.63, 3.8) is 0 Å². The molecule has 1 rings (SSSR count). The predicted molar refractivity (Wildman–Crippen MR) is 55.0 cm³/mol. The van der Waals surface area contributed by atoms with Gasteiger partial charge in [0.1, 0.15) is 11.7 Å². The zero-order valence-electron chi connectivity index (χ0n) is 9.70. The van der Waals surface area contributed by atoms with Crippen LogP contribution in [0, 0.1) is 0 Å². The lowest BCUT2D eigenvalue weighted by Crippen LogP contribution is -2.60. The number of hydrogen-bond donors (Lipinski definition) is 0. The van der Waals surface area contributed by atoms with Crippen molar-refractivity contribution in [2.45, 2.75) is 51.4 Å². The minimum Gasteiger partial charge on any atom is -0.453 e. The molecule has 86 valence electrons. The first-order valence-electron chi connectivity index (χ1n) is 5.07. The second kappa shape index (κ2) is 3.94. The smallest absolute Gasteiger partial charge is 0.345 e. The third-order valence-corrected chi connectivity index (χ3v) is 2.58. The highest BCUT2D eigenvalue weighted by Crippen LogP contribution is 2.34. The van der Waals surface area contributed by atoms with Crippen molar-refractivity contribution in [1.82, 2.24) is 0 Å². The van der Waals surface area contributed by atoms with Crippen molar-refractivity contribution in [2.24, 2.45) is 0 Å². The first-order valence-corrected chi connectivity index (χ1v) is 5.07. The number of ether oxygens (including phenoxy) is 1. The Hall–Kier alpha value is -0.870. The van der Waals surface area contributed by atoms with Crippen molar-refractivity contribution < 1.29 is 19.3 Å². The van der Waals surface area contributed by atoms with Crippen LogP contribution in [0.3, 0.4) is 0 Å². The third kappa shape index (κ3) is 2.21. The first-order chi connectivity index (χ1) is 6.85. The summed E-state index contributed by atoms with van der Waals surface area (Å²) < 4.78 is 5.26. The zero-order valence-corrected chi connectivity index (χ0v) is 9.70. The Balaban J connectivity index is 2.65. The highest BCUT2D eigenvalue weighted by Gasteiger charge is 2.55. The van der Waals surface area contributed by atoms with Crippen molar-refractivity contribution in [3.8, 4) is 0 Å². The normalized spacial score (nSPS) is 30.5. The number of carbonyl (C=O) groups is 1. The molecule has 1 fully saturated rings. The molecule has 0 spiro atoms. The number of rotatable bonds is 4. The van der Waals surface area contributed by atoms with Crippen molar-refractivity contribution >= 4 is 5.97 Å². The van der Waals surface area contributed by atoms with Crippen LogP contribution in [-0.4, -0.2) is 23.3 Å². The molecule has 2 atom stereocenters. The highest BCUT2D eigenvalue weighted by molar-refractivity contribution is 5.81. The first kappa shape index (κ1) is 12.2. The van der Waals surface area contributed by atoms with Gasteiger partial charge in [-0.05, 0) is 33.3 Å². The van der Waals surface area contributed by atoms with Gasteiger partial charge in [0.15, 0.2) is 0 Å². The maximum absolute atomic E-state index is 11.8. The number of carbonyl (C=O) groups excluding carboxylic acids is 1. The molecule has 0 aromatic rings. The molecule has 0 N–H and O–H groups in total. The van der Waals surface area contributed by atoms with E-state index in [4.69, 9.17) is 14.5 Å². The van der Waals surface area contributed by atoms with Crippen LogP contribution >= 0.6 is 0 Å². The quantitative estimate of drug-likeness (QED) is 0.408. The van der Waals surface area contributed by atoms with Gasteiger partial charge in [0.2, 0.25) is 5.60 Å². The SMILES string of the molecule is C=CC(C)(C)OC(=O)C1(C)OOC1CC. The fourth-order valence-corrected chi connectivity index (χ4v) is 1.27. The van der Waals surface area contributed by atoms with Crippen LogP contribution in [0.5, 0.6) is 0 Å². The van der Waals surface area contributed by atoms with Crippen LogP contribution in [-0.2, 0) is 19.3 Å². The van der Waals surface area contributed by atoms with E-state index in [1.165, 1.54) is 0 Å². The number of esters is 1. The van der Waals surface area contributed by atoms with Gasteiger partial charge >= 0.3 is 5.97 Å². The maximum Gasteiger partial charge on any atom is 0.345 e. The van der Waals surface area contributed by atoms with E-state index >= 15 is 0 Å². The van der Waals surface area contributed by atoms with Gasteiger partial charge in [-0.15, -0.1) is 0 Å². The lowest BCUT2D eigenvalue weighted by molar-refractivity contribution is -0.493. The van der Waals surface area contributed by atoms with Crippen LogP contribution in [0.1, 0.15) is 34.1 Å². The Morgan fingerprint density at radius 2 is 2.27 bits per heavy atom. The molecule has 4 heteroatoms. The maximum atomic E-state index is 11.8. The van der Waals surface area contributed by atoms with Gasteiger partial charge in [0.05, 0.1) is 0 Å². The fraction of sp³-hybridized carbons (Fsp3) is 0.727. The van der Waals surface area contributed by atoms with Crippen molar-refractivity contribution in [1.29, 1.82) is 0 Å². The van der Waals surface area contributed by atoms with Crippen LogP contribution in [0.15, 0.2) is 12.7 Å². The molecular formula is C11H18O4. The van der Waals surface area contributed by atoms with Gasteiger partial charge in [0.25, 0.3) is 0 Å². The summed E-state index contributed by atoms with van der Waals surface area (Å²) in [6, 6.07) is 0. The van der Waals surface area contributed by atoms with Crippen LogP contribution < -0.4 is 0 Å². The second-order valence-electron chi connectivity index (χ2n) is 4.38. The summed E-state index contributed by atoms with van der Waals surface area (Å²) in [6.07, 6.45) is 2.06. The molecule has 0 amide bonds. The van der Waals surface area contributed by atoms with Gasteiger partial charge in [-0.1, -0.05) is 13.5 Å². The van der Waals surface area contributed by atoms with E-state index in [0.29, 0.717) is 6.42 Å². The van der Waals surface area contributed by atoms with Gasteiger partial charge < -0.3 is 4.74 Å².